The smallest absolute Gasteiger partial charge is 0.160 e. The van der Waals surface area contributed by atoms with Crippen molar-refractivity contribution in [2.75, 3.05) is 0 Å². The van der Waals surface area contributed by atoms with Gasteiger partial charge in [-0.2, -0.15) is 5.26 Å². The van der Waals surface area contributed by atoms with Crippen molar-refractivity contribution < 1.29 is 4.42 Å². The molecule has 6 aromatic carbocycles. The minimum atomic E-state index is 0.702. The summed E-state index contributed by atoms with van der Waals surface area (Å²) in [5, 5.41) is 12.0. The SMILES string of the molecule is N#Cc1cc2c(oc3cccc(-c4cccc(-c5ccc(-c6cc(-c7ccccc7)nc(-c7ccccc7)n6)cc5)c4)c32)c2c1CCC=C2. The van der Waals surface area contributed by atoms with E-state index in [-0.39, 0.29) is 0 Å². The number of aromatic nitrogens is 2. The van der Waals surface area contributed by atoms with Gasteiger partial charge in [0.2, 0.25) is 0 Å². The van der Waals surface area contributed by atoms with Gasteiger partial charge in [0.25, 0.3) is 0 Å². The molecule has 0 unspecified atom stereocenters. The van der Waals surface area contributed by atoms with Gasteiger partial charge in [-0.1, -0.05) is 127 Å². The van der Waals surface area contributed by atoms with Gasteiger partial charge >= 0.3 is 0 Å². The molecule has 8 aromatic rings. The third-order valence-corrected chi connectivity index (χ3v) is 9.42. The molecule has 4 nitrogen and oxygen atoms in total. The van der Waals surface area contributed by atoms with Crippen LogP contribution in [0.15, 0.2) is 150 Å². The lowest BCUT2D eigenvalue weighted by molar-refractivity contribution is 0.666. The van der Waals surface area contributed by atoms with Gasteiger partial charge in [-0.05, 0) is 64.9 Å². The predicted molar refractivity (Wildman–Crippen MR) is 199 cm³/mol. The Hall–Kier alpha value is -6.57. The largest absolute Gasteiger partial charge is 0.455 e. The van der Waals surface area contributed by atoms with Crippen LogP contribution in [-0.4, -0.2) is 9.97 Å². The van der Waals surface area contributed by atoms with Crippen molar-refractivity contribution in [2.24, 2.45) is 0 Å². The van der Waals surface area contributed by atoms with E-state index in [9.17, 15) is 5.26 Å². The fourth-order valence-corrected chi connectivity index (χ4v) is 7.01. The maximum absolute atomic E-state index is 10.0. The second-order valence-electron chi connectivity index (χ2n) is 12.4. The molecule has 0 N–H and O–H groups in total. The van der Waals surface area contributed by atoms with Crippen LogP contribution in [0.25, 0.3) is 84.2 Å². The van der Waals surface area contributed by atoms with Gasteiger partial charge in [-0.15, -0.1) is 0 Å². The maximum atomic E-state index is 10.0. The zero-order valence-corrected chi connectivity index (χ0v) is 26.6. The van der Waals surface area contributed by atoms with Gasteiger partial charge in [-0.3, -0.25) is 0 Å². The first-order chi connectivity index (χ1) is 24.2. The molecule has 0 amide bonds. The molecule has 1 aliphatic carbocycles. The van der Waals surface area contributed by atoms with E-state index in [0.29, 0.717) is 5.82 Å². The summed E-state index contributed by atoms with van der Waals surface area (Å²) in [6.07, 6.45) is 6.08. The van der Waals surface area contributed by atoms with E-state index >= 15 is 0 Å². The van der Waals surface area contributed by atoms with Crippen molar-refractivity contribution in [1.29, 1.82) is 5.26 Å². The van der Waals surface area contributed by atoms with Crippen LogP contribution in [-0.2, 0) is 6.42 Å². The maximum Gasteiger partial charge on any atom is 0.160 e. The number of hydrogen-bond donors (Lipinski definition) is 0. The van der Waals surface area contributed by atoms with Gasteiger partial charge < -0.3 is 4.42 Å². The van der Waals surface area contributed by atoms with Gasteiger partial charge in [0, 0.05) is 33.0 Å². The number of allylic oxidation sites excluding steroid dienone is 1. The summed E-state index contributed by atoms with van der Waals surface area (Å²) in [5.74, 6) is 0.702. The van der Waals surface area contributed by atoms with Crippen molar-refractivity contribution >= 4 is 28.0 Å². The summed E-state index contributed by atoms with van der Waals surface area (Å²) in [6, 6.07) is 50.3. The third kappa shape index (κ3) is 5.10. The summed E-state index contributed by atoms with van der Waals surface area (Å²) in [7, 11) is 0. The number of nitriles is 1. The van der Waals surface area contributed by atoms with Crippen molar-refractivity contribution in [1.82, 2.24) is 9.97 Å². The first-order valence-corrected chi connectivity index (χ1v) is 16.5. The van der Waals surface area contributed by atoms with Crippen LogP contribution < -0.4 is 0 Å². The monoisotopic (exact) mass is 627 g/mol. The minimum absolute atomic E-state index is 0.702. The molecule has 49 heavy (non-hydrogen) atoms. The predicted octanol–water partition coefficient (Wildman–Crippen LogP) is 11.5. The number of rotatable bonds is 5. The molecule has 0 bridgehead atoms. The Morgan fingerprint density at radius 1 is 0.592 bits per heavy atom. The Kier molecular flexibility index (Phi) is 6.96. The molecule has 230 valence electrons. The topological polar surface area (TPSA) is 62.7 Å². The summed E-state index contributed by atoms with van der Waals surface area (Å²) >= 11 is 0. The van der Waals surface area contributed by atoms with Crippen molar-refractivity contribution in [2.45, 2.75) is 12.8 Å². The molecule has 0 fully saturated rings. The van der Waals surface area contributed by atoms with E-state index in [1.54, 1.807) is 0 Å². The number of nitrogens with zero attached hydrogens (tertiary/aromatic N) is 3. The number of furan rings is 1. The summed E-state index contributed by atoms with van der Waals surface area (Å²) in [6.45, 7) is 0. The summed E-state index contributed by atoms with van der Waals surface area (Å²) < 4.78 is 6.48. The van der Waals surface area contributed by atoms with Gasteiger partial charge in [0.15, 0.2) is 5.82 Å². The van der Waals surface area contributed by atoms with Crippen LogP contribution in [0.4, 0.5) is 0 Å². The normalized spacial score (nSPS) is 12.2. The third-order valence-electron chi connectivity index (χ3n) is 9.42. The summed E-state index contributed by atoms with van der Waals surface area (Å²) in [4.78, 5) is 9.93. The standard InChI is InChI=1S/C45H29N3O/c46-28-35-26-39-43-37(19-10-20-42(43)49-44(39)38-18-8-7-17-36(35)38)34-16-9-15-33(25-34)29-21-23-31(24-22-29)41-27-40(30-11-3-1-4-12-30)47-45(48-41)32-13-5-2-6-14-32/h1-6,8-16,18-27H,7,17H2. The molecule has 0 atom stereocenters. The lowest BCUT2D eigenvalue weighted by Gasteiger charge is -2.12. The van der Waals surface area contributed by atoms with Crippen LogP contribution in [0.3, 0.4) is 0 Å². The number of hydrogen-bond acceptors (Lipinski definition) is 4. The molecule has 0 aliphatic heterocycles. The second-order valence-corrected chi connectivity index (χ2v) is 12.4. The van der Waals surface area contributed by atoms with E-state index in [4.69, 9.17) is 14.4 Å². The highest BCUT2D eigenvalue weighted by Crippen LogP contribution is 2.42. The minimum Gasteiger partial charge on any atom is -0.455 e. The molecule has 0 saturated heterocycles. The van der Waals surface area contributed by atoms with E-state index in [1.807, 2.05) is 66.7 Å². The van der Waals surface area contributed by atoms with Crippen LogP contribution in [0.2, 0.25) is 0 Å². The molecular weight excluding hydrogens is 599 g/mol. The first kappa shape index (κ1) is 28.6. The molecule has 0 saturated carbocycles. The summed E-state index contributed by atoms with van der Waals surface area (Å²) in [5.41, 5.74) is 13.8. The van der Waals surface area contributed by atoms with Crippen LogP contribution in [0.5, 0.6) is 0 Å². The van der Waals surface area contributed by atoms with Gasteiger partial charge in [0.1, 0.15) is 11.2 Å². The Bertz CT molecular complexity index is 2530. The molecule has 9 rings (SSSR count). The lowest BCUT2D eigenvalue weighted by Crippen LogP contribution is -1.98. The fourth-order valence-electron chi connectivity index (χ4n) is 7.01. The van der Waals surface area contributed by atoms with Crippen molar-refractivity contribution in [3.05, 3.63) is 162 Å². The molecule has 4 heteroatoms. The highest BCUT2D eigenvalue weighted by atomic mass is 16.3. The average molecular weight is 628 g/mol. The highest BCUT2D eigenvalue weighted by Gasteiger charge is 2.21. The Morgan fingerprint density at radius 2 is 1.24 bits per heavy atom. The molecular formula is C45H29N3O. The highest BCUT2D eigenvalue weighted by molar-refractivity contribution is 6.14. The molecule has 2 aromatic heterocycles. The molecule has 0 spiro atoms. The zero-order valence-electron chi connectivity index (χ0n) is 26.6. The Morgan fingerprint density at radius 3 is 2.00 bits per heavy atom. The van der Waals surface area contributed by atoms with E-state index in [0.717, 1.165) is 102 Å². The van der Waals surface area contributed by atoms with Gasteiger partial charge in [-0.25, -0.2) is 9.97 Å². The number of fused-ring (bicyclic) bond motifs is 5. The zero-order chi connectivity index (χ0) is 32.7. The van der Waals surface area contributed by atoms with E-state index < -0.39 is 0 Å². The quantitative estimate of drug-likeness (QED) is 0.190. The van der Waals surface area contributed by atoms with Crippen molar-refractivity contribution in [3.8, 4) is 62.2 Å². The number of benzene rings is 6. The molecule has 2 heterocycles. The van der Waals surface area contributed by atoms with Gasteiger partial charge in [0.05, 0.1) is 23.0 Å². The second kappa shape index (κ2) is 11.9. The first-order valence-electron chi connectivity index (χ1n) is 16.5. The van der Waals surface area contributed by atoms with Crippen LogP contribution in [0, 0.1) is 11.3 Å². The lowest BCUT2D eigenvalue weighted by atomic mass is 9.89. The van der Waals surface area contributed by atoms with E-state index in [2.05, 4.69) is 91.0 Å². The Balaban J connectivity index is 1.11. The molecule has 0 radical (unpaired) electrons. The van der Waals surface area contributed by atoms with Crippen LogP contribution >= 0.6 is 0 Å². The fraction of sp³-hybridized carbons (Fsp3) is 0.0444. The van der Waals surface area contributed by atoms with Crippen LogP contribution in [0.1, 0.15) is 23.1 Å². The Labute approximate surface area is 284 Å². The van der Waals surface area contributed by atoms with E-state index in [1.165, 1.54) is 0 Å². The molecule has 1 aliphatic rings. The van der Waals surface area contributed by atoms with Crippen molar-refractivity contribution in [3.63, 3.8) is 0 Å². The average Bonchev–Trinajstić information content (AvgIpc) is 3.57.